The number of likely N-dealkylation sites (tertiary alicyclic amines) is 1. The van der Waals surface area contributed by atoms with Gasteiger partial charge >= 0.3 is 18.0 Å². The summed E-state index contributed by atoms with van der Waals surface area (Å²) in [7, 11) is 0. The Morgan fingerprint density at radius 3 is 2.32 bits per heavy atom. The molecule has 0 aromatic carbocycles. The smallest absolute Gasteiger partial charge is 0.408 e. The number of hydrogen-bond donors (Lipinski definition) is 3. The van der Waals surface area contributed by atoms with Crippen molar-refractivity contribution in [1.82, 2.24) is 10.2 Å². The molecule has 0 saturated carbocycles. The van der Waals surface area contributed by atoms with Crippen LogP contribution >= 0.6 is 0 Å². The van der Waals surface area contributed by atoms with Gasteiger partial charge < -0.3 is 25.2 Å². The maximum Gasteiger partial charge on any atom is 0.408 e. The lowest BCUT2D eigenvalue weighted by molar-refractivity contribution is -0.149. The first-order chi connectivity index (χ1) is 11.5. The van der Waals surface area contributed by atoms with E-state index < -0.39 is 47.5 Å². The van der Waals surface area contributed by atoms with Crippen molar-refractivity contribution in [3.8, 4) is 0 Å². The van der Waals surface area contributed by atoms with E-state index in [1.54, 1.807) is 20.8 Å². The number of rotatable bonds is 6. The van der Waals surface area contributed by atoms with Crippen LogP contribution in [0.1, 0.15) is 33.6 Å². The molecule has 1 aliphatic rings. The molecule has 0 aromatic rings. The lowest BCUT2D eigenvalue weighted by Gasteiger charge is -2.28. The number of aliphatic carboxylic acids is 2. The zero-order valence-corrected chi connectivity index (χ0v) is 14.5. The monoisotopic (exact) mass is 356 g/mol. The van der Waals surface area contributed by atoms with Gasteiger partial charge in [-0.2, -0.15) is 0 Å². The van der Waals surface area contributed by atoms with Crippen molar-refractivity contribution in [3.05, 3.63) is 12.7 Å². The quantitative estimate of drug-likeness (QED) is 0.601. The van der Waals surface area contributed by atoms with Crippen molar-refractivity contribution in [2.45, 2.75) is 51.3 Å². The zero-order valence-electron chi connectivity index (χ0n) is 14.5. The van der Waals surface area contributed by atoms with E-state index in [0.717, 1.165) is 4.90 Å². The van der Waals surface area contributed by atoms with Crippen LogP contribution in [0.15, 0.2) is 12.7 Å². The number of carbonyl (C=O) groups excluding carboxylic acids is 2. The molecule has 1 rings (SSSR count). The first kappa shape index (κ1) is 20.5. The highest BCUT2D eigenvalue weighted by Crippen LogP contribution is 2.25. The minimum absolute atomic E-state index is 0.0542. The van der Waals surface area contributed by atoms with E-state index >= 15 is 0 Å². The Bertz CT molecular complexity index is 567. The first-order valence-electron chi connectivity index (χ1n) is 7.82. The molecule has 0 radical (unpaired) electrons. The molecule has 0 aromatic heterocycles. The van der Waals surface area contributed by atoms with Crippen molar-refractivity contribution in [3.63, 3.8) is 0 Å². The number of carboxylic acid groups (broad SMARTS) is 2. The average molecular weight is 356 g/mol. The maximum atomic E-state index is 12.7. The molecule has 2 unspecified atom stereocenters. The Labute approximate surface area is 145 Å². The number of nitrogens with one attached hydrogen (secondary N) is 1. The van der Waals surface area contributed by atoms with E-state index in [4.69, 9.17) is 9.84 Å². The second kappa shape index (κ2) is 8.00. The van der Waals surface area contributed by atoms with Crippen LogP contribution in [0, 0.1) is 5.92 Å². The van der Waals surface area contributed by atoms with Crippen molar-refractivity contribution in [1.29, 1.82) is 0 Å². The summed E-state index contributed by atoms with van der Waals surface area (Å²) in [5.41, 5.74) is -0.766. The molecule has 0 bridgehead atoms. The fraction of sp³-hybridized carbons (Fsp3) is 0.625. The lowest BCUT2D eigenvalue weighted by Crippen LogP contribution is -2.52. The molecule has 9 heteroatoms. The van der Waals surface area contributed by atoms with E-state index in [0.29, 0.717) is 0 Å². The largest absolute Gasteiger partial charge is 0.481 e. The molecule has 1 saturated heterocycles. The zero-order chi connectivity index (χ0) is 19.4. The van der Waals surface area contributed by atoms with E-state index in [2.05, 4.69) is 11.9 Å². The van der Waals surface area contributed by atoms with Crippen LogP contribution < -0.4 is 5.32 Å². The topological polar surface area (TPSA) is 133 Å². The van der Waals surface area contributed by atoms with Crippen LogP contribution in [-0.4, -0.2) is 63.3 Å². The molecule has 140 valence electrons. The van der Waals surface area contributed by atoms with Gasteiger partial charge in [0.15, 0.2) is 0 Å². The van der Waals surface area contributed by atoms with Crippen LogP contribution in [0.5, 0.6) is 0 Å². The Balaban J connectivity index is 2.92. The van der Waals surface area contributed by atoms with Crippen LogP contribution in [0.2, 0.25) is 0 Å². The Hall–Kier alpha value is -2.58. The summed E-state index contributed by atoms with van der Waals surface area (Å²) >= 11 is 0. The molecule has 1 fully saturated rings. The third-order valence-electron chi connectivity index (χ3n) is 3.61. The molecular formula is C16H24N2O7. The van der Waals surface area contributed by atoms with Crippen molar-refractivity contribution >= 4 is 23.9 Å². The first-order valence-corrected chi connectivity index (χ1v) is 7.82. The molecule has 3 N–H and O–H groups in total. The predicted molar refractivity (Wildman–Crippen MR) is 86.9 cm³/mol. The summed E-state index contributed by atoms with van der Waals surface area (Å²) in [4.78, 5) is 48.0. The van der Waals surface area contributed by atoms with Crippen LogP contribution in [0.3, 0.4) is 0 Å². The van der Waals surface area contributed by atoms with Gasteiger partial charge in [0.1, 0.15) is 17.7 Å². The summed E-state index contributed by atoms with van der Waals surface area (Å²) in [6.45, 7) is 8.27. The summed E-state index contributed by atoms with van der Waals surface area (Å²) in [5, 5.41) is 20.7. The van der Waals surface area contributed by atoms with Crippen molar-refractivity contribution in [2.24, 2.45) is 5.92 Å². The van der Waals surface area contributed by atoms with Gasteiger partial charge in [-0.15, -0.1) is 6.58 Å². The SMILES string of the molecule is C=CC[C@H](NC(=O)OC(C)(C)C)C(=O)N1CC(C(=O)O)CC1C(=O)O. The fourth-order valence-corrected chi connectivity index (χ4v) is 2.53. The van der Waals surface area contributed by atoms with E-state index in [-0.39, 0.29) is 19.4 Å². The maximum absolute atomic E-state index is 12.7. The molecular weight excluding hydrogens is 332 g/mol. The van der Waals surface area contributed by atoms with Gasteiger partial charge in [0.25, 0.3) is 0 Å². The van der Waals surface area contributed by atoms with Gasteiger partial charge in [0, 0.05) is 6.54 Å². The Morgan fingerprint density at radius 1 is 1.28 bits per heavy atom. The van der Waals surface area contributed by atoms with Crippen molar-refractivity contribution in [2.75, 3.05) is 6.54 Å². The minimum Gasteiger partial charge on any atom is -0.481 e. The standard InChI is InChI=1S/C16H24N2O7/c1-5-6-10(17-15(24)25-16(2,3)4)12(19)18-8-9(13(20)21)7-11(18)14(22)23/h5,9-11H,1,6-8H2,2-4H3,(H,17,24)(H,20,21)(H,22,23)/t9?,10-,11?/m0/s1. The number of alkyl carbamates (subject to hydrolysis) is 1. The number of carbonyl (C=O) groups is 4. The third kappa shape index (κ3) is 5.77. The van der Waals surface area contributed by atoms with Gasteiger partial charge in [-0.3, -0.25) is 9.59 Å². The highest BCUT2D eigenvalue weighted by molar-refractivity contribution is 5.91. The van der Waals surface area contributed by atoms with Gasteiger partial charge in [-0.25, -0.2) is 9.59 Å². The number of amides is 2. The number of carboxylic acids is 2. The van der Waals surface area contributed by atoms with E-state index in [1.807, 2.05) is 0 Å². The summed E-state index contributed by atoms with van der Waals surface area (Å²) in [5.74, 6) is -4.09. The van der Waals surface area contributed by atoms with E-state index in [9.17, 15) is 24.3 Å². The average Bonchev–Trinajstić information content (AvgIpc) is 2.89. The van der Waals surface area contributed by atoms with Crippen molar-refractivity contribution < 1.29 is 34.1 Å². The van der Waals surface area contributed by atoms with Gasteiger partial charge in [0.05, 0.1) is 5.92 Å². The molecule has 0 spiro atoms. The van der Waals surface area contributed by atoms with Gasteiger partial charge in [-0.05, 0) is 33.6 Å². The second-order valence-corrected chi connectivity index (χ2v) is 6.84. The number of hydrogen-bond acceptors (Lipinski definition) is 5. The summed E-state index contributed by atoms with van der Waals surface area (Å²) in [6, 6.07) is -2.33. The van der Waals surface area contributed by atoms with E-state index in [1.165, 1.54) is 6.08 Å². The molecule has 1 aliphatic heterocycles. The molecule has 3 atom stereocenters. The molecule has 0 aliphatic carbocycles. The number of ether oxygens (including phenoxy) is 1. The number of nitrogens with zero attached hydrogens (tertiary/aromatic N) is 1. The molecule has 9 nitrogen and oxygen atoms in total. The van der Waals surface area contributed by atoms with Crippen LogP contribution in [0.25, 0.3) is 0 Å². The van der Waals surface area contributed by atoms with Crippen LogP contribution in [-0.2, 0) is 19.1 Å². The normalized spacial score (nSPS) is 21.3. The molecule has 1 heterocycles. The fourth-order valence-electron chi connectivity index (χ4n) is 2.53. The Kier molecular flexibility index (Phi) is 6.55. The van der Waals surface area contributed by atoms with Gasteiger partial charge in [0.2, 0.25) is 5.91 Å². The highest BCUT2D eigenvalue weighted by Gasteiger charge is 2.44. The second-order valence-electron chi connectivity index (χ2n) is 6.84. The highest BCUT2D eigenvalue weighted by atomic mass is 16.6. The Morgan fingerprint density at radius 2 is 1.88 bits per heavy atom. The van der Waals surface area contributed by atoms with Gasteiger partial charge in [-0.1, -0.05) is 6.08 Å². The predicted octanol–water partition coefficient (Wildman–Crippen LogP) is 0.842. The molecule has 2 amide bonds. The third-order valence-corrected chi connectivity index (χ3v) is 3.61. The van der Waals surface area contributed by atoms with Crippen LogP contribution in [0.4, 0.5) is 4.79 Å². The summed E-state index contributed by atoms with van der Waals surface area (Å²) < 4.78 is 5.10. The molecule has 25 heavy (non-hydrogen) atoms. The minimum atomic E-state index is -1.29. The lowest BCUT2D eigenvalue weighted by atomic mass is 10.1. The summed E-state index contributed by atoms with van der Waals surface area (Å²) in [6.07, 6.45) is 0.455.